The number of hydrogen-bond acceptors (Lipinski definition) is 2. The van der Waals surface area contributed by atoms with E-state index >= 15 is 0 Å². The van der Waals surface area contributed by atoms with Crippen molar-refractivity contribution >= 4 is 15.9 Å². The van der Waals surface area contributed by atoms with Crippen molar-refractivity contribution in [2.45, 2.75) is 26.2 Å². The Morgan fingerprint density at radius 1 is 1.50 bits per heavy atom. The third-order valence-corrected chi connectivity index (χ3v) is 1.61. The molecule has 56 valence electrons. The molecule has 1 aromatic rings. The lowest BCUT2D eigenvalue weighted by atomic mass is 9.93. The molecule has 0 unspecified atom stereocenters. The summed E-state index contributed by atoms with van der Waals surface area (Å²) in [5.74, 6) is 0. The minimum Gasteiger partial charge on any atom is -0.439 e. The lowest BCUT2D eigenvalue weighted by Crippen LogP contribution is -2.10. The first-order chi connectivity index (χ1) is 4.50. The smallest absolute Gasteiger partial charge is 0.264 e. The largest absolute Gasteiger partial charge is 0.439 e. The van der Waals surface area contributed by atoms with Crippen molar-refractivity contribution in [3.05, 3.63) is 16.8 Å². The topological polar surface area (TPSA) is 26.0 Å². The van der Waals surface area contributed by atoms with Gasteiger partial charge in [-0.1, -0.05) is 20.8 Å². The summed E-state index contributed by atoms with van der Waals surface area (Å²) in [5, 5.41) is 0. The summed E-state index contributed by atoms with van der Waals surface area (Å²) in [4.78, 5) is 4.69. The molecule has 0 saturated heterocycles. The molecule has 0 aliphatic carbocycles. The second-order valence-electron chi connectivity index (χ2n) is 3.24. The summed E-state index contributed by atoms with van der Waals surface area (Å²) in [5.41, 5.74) is 1.05. The van der Waals surface area contributed by atoms with Crippen LogP contribution in [-0.2, 0) is 5.41 Å². The molecule has 1 rings (SSSR count). The molecule has 0 fully saturated rings. The van der Waals surface area contributed by atoms with E-state index in [0.717, 1.165) is 5.69 Å². The number of nitrogens with zero attached hydrogens (tertiary/aromatic N) is 1. The second kappa shape index (κ2) is 2.38. The van der Waals surface area contributed by atoms with E-state index in [0.29, 0.717) is 4.80 Å². The van der Waals surface area contributed by atoms with E-state index in [1.54, 1.807) is 6.26 Å². The molecular weight excluding hydrogens is 194 g/mol. The normalized spacial score (nSPS) is 12.0. The quantitative estimate of drug-likeness (QED) is 0.649. The van der Waals surface area contributed by atoms with Crippen LogP contribution in [0.4, 0.5) is 0 Å². The van der Waals surface area contributed by atoms with Crippen molar-refractivity contribution in [2.75, 3.05) is 0 Å². The molecule has 0 saturated carbocycles. The first-order valence-corrected chi connectivity index (χ1v) is 3.91. The van der Waals surface area contributed by atoms with Crippen molar-refractivity contribution in [3.8, 4) is 0 Å². The first-order valence-electron chi connectivity index (χ1n) is 3.11. The molecule has 0 N–H and O–H groups in total. The summed E-state index contributed by atoms with van der Waals surface area (Å²) in [7, 11) is 0. The van der Waals surface area contributed by atoms with E-state index in [4.69, 9.17) is 4.42 Å². The van der Waals surface area contributed by atoms with E-state index in [1.807, 2.05) is 0 Å². The van der Waals surface area contributed by atoms with Gasteiger partial charge >= 0.3 is 0 Å². The van der Waals surface area contributed by atoms with Gasteiger partial charge in [-0.25, -0.2) is 4.98 Å². The van der Waals surface area contributed by atoms with Gasteiger partial charge in [0.1, 0.15) is 6.26 Å². The van der Waals surface area contributed by atoms with Gasteiger partial charge in [0, 0.05) is 21.3 Å². The Bertz CT molecular complexity index is 224. The number of halogens is 1. The third kappa shape index (κ3) is 1.59. The lowest BCUT2D eigenvalue weighted by molar-refractivity contribution is 0.519. The third-order valence-electron chi connectivity index (χ3n) is 1.24. The fourth-order valence-corrected chi connectivity index (χ4v) is 0.881. The van der Waals surface area contributed by atoms with E-state index < -0.39 is 0 Å². The lowest BCUT2D eigenvalue weighted by Gasteiger charge is -2.12. The molecule has 0 amide bonds. The summed E-state index contributed by atoms with van der Waals surface area (Å²) < 4.78 is 5.00. The molecule has 1 aromatic heterocycles. The van der Waals surface area contributed by atoms with Gasteiger partial charge in [0.15, 0.2) is 0 Å². The van der Waals surface area contributed by atoms with Crippen molar-refractivity contribution in [2.24, 2.45) is 0 Å². The molecule has 0 atom stereocenters. The average molecular weight is 204 g/mol. The summed E-state index contributed by atoms with van der Waals surface area (Å²) in [6, 6.07) is 0. The zero-order chi connectivity index (χ0) is 7.78. The summed E-state index contributed by atoms with van der Waals surface area (Å²) in [6.07, 6.45) is 1.67. The fourth-order valence-electron chi connectivity index (χ4n) is 0.596. The molecular formula is C7H10BrNO. The molecule has 1 heterocycles. The van der Waals surface area contributed by atoms with E-state index in [-0.39, 0.29) is 5.41 Å². The number of oxazole rings is 1. The SMILES string of the molecule is CC(C)(C)c1coc(Br)n1. The van der Waals surface area contributed by atoms with Crippen LogP contribution >= 0.6 is 15.9 Å². The maximum Gasteiger partial charge on any atom is 0.264 e. The molecule has 10 heavy (non-hydrogen) atoms. The summed E-state index contributed by atoms with van der Waals surface area (Å²) >= 11 is 3.15. The molecule has 0 aromatic carbocycles. The Kier molecular flexibility index (Phi) is 1.86. The van der Waals surface area contributed by atoms with E-state index in [1.165, 1.54) is 0 Å². The fraction of sp³-hybridized carbons (Fsp3) is 0.571. The predicted octanol–water partition coefficient (Wildman–Crippen LogP) is 2.73. The Balaban J connectivity index is 2.96. The molecule has 0 aliphatic heterocycles. The highest BCUT2D eigenvalue weighted by molar-refractivity contribution is 9.10. The average Bonchev–Trinajstić information content (AvgIpc) is 2.11. The van der Waals surface area contributed by atoms with Crippen LogP contribution in [-0.4, -0.2) is 4.98 Å². The maximum absolute atomic E-state index is 5.00. The van der Waals surface area contributed by atoms with Crippen LogP contribution in [0.1, 0.15) is 26.5 Å². The van der Waals surface area contributed by atoms with Crippen LogP contribution in [0.25, 0.3) is 0 Å². The highest BCUT2D eigenvalue weighted by Gasteiger charge is 2.17. The minimum absolute atomic E-state index is 0.0789. The molecule has 3 heteroatoms. The number of rotatable bonds is 0. The van der Waals surface area contributed by atoms with Crippen LogP contribution in [0.15, 0.2) is 15.5 Å². The van der Waals surface area contributed by atoms with E-state index in [2.05, 4.69) is 41.7 Å². The van der Waals surface area contributed by atoms with Gasteiger partial charge in [-0.05, 0) is 0 Å². The molecule has 0 aliphatic rings. The Morgan fingerprint density at radius 2 is 2.10 bits per heavy atom. The Hall–Kier alpha value is -0.310. The van der Waals surface area contributed by atoms with Crippen LogP contribution in [0.5, 0.6) is 0 Å². The van der Waals surface area contributed by atoms with Crippen LogP contribution in [0, 0.1) is 0 Å². The van der Waals surface area contributed by atoms with Crippen molar-refractivity contribution < 1.29 is 4.42 Å². The number of aromatic nitrogens is 1. The highest BCUT2D eigenvalue weighted by Crippen LogP contribution is 2.22. The number of hydrogen-bond donors (Lipinski definition) is 0. The van der Waals surface area contributed by atoms with Gasteiger partial charge < -0.3 is 4.42 Å². The van der Waals surface area contributed by atoms with Gasteiger partial charge in [-0.2, -0.15) is 0 Å². The molecule has 0 spiro atoms. The zero-order valence-corrected chi connectivity index (χ0v) is 7.90. The summed E-state index contributed by atoms with van der Waals surface area (Å²) in [6.45, 7) is 6.28. The van der Waals surface area contributed by atoms with Gasteiger partial charge in [0.05, 0.1) is 5.69 Å². The van der Waals surface area contributed by atoms with Gasteiger partial charge in [-0.15, -0.1) is 0 Å². The predicted molar refractivity (Wildman–Crippen MR) is 42.9 cm³/mol. The van der Waals surface area contributed by atoms with Gasteiger partial charge in [0.25, 0.3) is 4.80 Å². The minimum atomic E-state index is 0.0789. The Morgan fingerprint density at radius 3 is 2.30 bits per heavy atom. The second-order valence-corrected chi connectivity index (χ2v) is 3.91. The molecule has 0 radical (unpaired) electrons. The molecule has 0 bridgehead atoms. The van der Waals surface area contributed by atoms with Crippen LogP contribution < -0.4 is 0 Å². The van der Waals surface area contributed by atoms with Gasteiger partial charge in [0.2, 0.25) is 0 Å². The first kappa shape index (κ1) is 7.79. The van der Waals surface area contributed by atoms with Crippen molar-refractivity contribution in [1.29, 1.82) is 0 Å². The zero-order valence-electron chi connectivity index (χ0n) is 6.31. The van der Waals surface area contributed by atoms with E-state index in [9.17, 15) is 0 Å². The van der Waals surface area contributed by atoms with Crippen LogP contribution in [0.3, 0.4) is 0 Å². The van der Waals surface area contributed by atoms with Crippen LogP contribution in [0.2, 0.25) is 0 Å². The van der Waals surface area contributed by atoms with Crippen molar-refractivity contribution in [1.82, 2.24) is 4.98 Å². The standard InChI is InChI=1S/C7H10BrNO/c1-7(2,3)5-4-10-6(8)9-5/h4H,1-3H3. The monoisotopic (exact) mass is 203 g/mol. The van der Waals surface area contributed by atoms with Crippen molar-refractivity contribution in [3.63, 3.8) is 0 Å². The van der Waals surface area contributed by atoms with Gasteiger partial charge in [-0.3, -0.25) is 0 Å². The molecule has 2 nitrogen and oxygen atoms in total. The highest BCUT2D eigenvalue weighted by atomic mass is 79.9. The Labute approximate surface area is 68.8 Å². The maximum atomic E-state index is 5.00.